The van der Waals surface area contributed by atoms with Crippen molar-refractivity contribution in [3.05, 3.63) is 24.8 Å². The molecule has 0 amide bonds. The maximum Gasteiger partial charge on any atom is 0.132 e. The SMILES string of the molecule is C=CC=CCCCC(=O)CCCCCC. The van der Waals surface area contributed by atoms with Gasteiger partial charge in [0.1, 0.15) is 5.78 Å². The van der Waals surface area contributed by atoms with Gasteiger partial charge in [0.05, 0.1) is 0 Å². The predicted molar refractivity (Wildman–Crippen MR) is 67.0 cm³/mol. The van der Waals surface area contributed by atoms with E-state index >= 15 is 0 Å². The lowest BCUT2D eigenvalue weighted by Gasteiger charge is -1.99. The highest BCUT2D eigenvalue weighted by atomic mass is 16.1. The molecule has 0 rings (SSSR count). The average molecular weight is 208 g/mol. The average Bonchev–Trinajstić information content (AvgIpc) is 2.24. The van der Waals surface area contributed by atoms with Gasteiger partial charge in [-0.3, -0.25) is 4.79 Å². The molecule has 0 aromatic rings. The van der Waals surface area contributed by atoms with Gasteiger partial charge in [0.15, 0.2) is 0 Å². The Labute approximate surface area is 94.3 Å². The molecule has 86 valence electrons. The Bertz CT molecular complexity index is 192. The fraction of sp³-hybridized carbons (Fsp3) is 0.643. The molecule has 0 saturated heterocycles. The van der Waals surface area contributed by atoms with E-state index < -0.39 is 0 Å². The molecule has 0 aliphatic rings. The van der Waals surface area contributed by atoms with Gasteiger partial charge in [-0.05, 0) is 19.3 Å². The van der Waals surface area contributed by atoms with Crippen molar-refractivity contribution in [3.8, 4) is 0 Å². The van der Waals surface area contributed by atoms with Crippen molar-refractivity contribution in [1.29, 1.82) is 0 Å². The van der Waals surface area contributed by atoms with Gasteiger partial charge in [-0.1, -0.05) is 51.0 Å². The number of carbonyl (C=O) groups is 1. The molecule has 0 atom stereocenters. The predicted octanol–water partition coefficient (Wildman–Crippen LogP) is 4.44. The topological polar surface area (TPSA) is 17.1 Å². The standard InChI is InChI=1S/C14H24O/c1-3-5-7-9-11-13-14(15)12-10-8-6-4-2/h3,5,7H,1,4,6,8-13H2,2H3. The summed E-state index contributed by atoms with van der Waals surface area (Å²) in [5, 5.41) is 0. The number of hydrogen-bond donors (Lipinski definition) is 0. The fourth-order valence-electron chi connectivity index (χ4n) is 1.48. The van der Waals surface area contributed by atoms with E-state index in [0.29, 0.717) is 5.78 Å². The molecule has 1 heteroatoms. The summed E-state index contributed by atoms with van der Waals surface area (Å²) in [6.45, 7) is 5.79. The number of Topliss-reactive ketones (excluding diaryl/α,β-unsaturated/α-hetero) is 1. The molecule has 1 nitrogen and oxygen atoms in total. The Hall–Kier alpha value is -0.850. The first kappa shape index (κ1) is 14.2. The van der Waals surface area contributed by atoms with E-state index in [4.69, 9.17) is 0 Å². The second-order valence-electron chi connectivity index (χ2n) is 3.91. The van der Waals surface area contributed by atoms with Crippen LogP contribution in [0.3, 0.4) is 0 Å². The second-order valence-corrected chi connectivity index (χ2v) is 3.91. The zero-order chi connectivity index (χ0) is 11.4. The highest BCUT2D eigenvalue weighted by molar-refractivity contribution is 5.78. The van der Waals surface area contributed by atoms with E-state index in [1.165, 1.54) is 19.3 Å². The largest absolute Gasteiger partial charge is 0.300 e. The third-order valence-electron chi connectivity index (χ3n) is 2.41. The molecule has 0 saturated carbocycles. The molecule has 0 aliphatic carbocycles. The summed E-state index contributed by atoms with van der Waals surface area (Å²) in [4.78, 5) is 11.4. The molecule has 0 unspecified atom stereocenters. The number of carbonyl (C=O) groups excluding carboxylic acids is 1. The molecule has 0 spiro atoms. The molecular weight excluding hydrogens is 184 g/mol. The van der Waals surface area contributed by atoms with E-state index in [9.17, 15) is 4.79 Å². The lowest BCUT2D eigenvalue weighted by Crippen LogP contribution is -1.96. The number of ketones is 1. The zero-order valence-electron chi connectivity index (χ0n) is 10.0. The van der Waals surface area contributed by atoms with Crippen LogP contribution >= 0.6 is 0 Å². The van der Waals surface area contributed by atoms with Crippen LogP contribution in [0.1, 0.15) is 58.3 Å². The van der Waals surface area contributed by atoms with Crippen molar-refractivity contribution >= 4 is 5.78 Å². The van der Waals surface area contributed by atoms with Crippen LogP contribution in [0.2, 0.25) is 0 Å². The van der Waals surface area contributed by atoms with Gasteiger partial charge in [0.2, 0.25) is 0 Å². The van der Waals surface area contributed by atoms with Crippen LogP contribution < -0.4 is 0 Å². The summed E-state index contributed by atoms with van der Waals surface area (Å²) < 4.78 is 0. The molecule has 0 aromatic heterocycles. The van der Waals surface area contributed by atoms with Crippen LogP contribution in [-0.4, -0.2) is 5.78 Å². The second kappa shape index (κ2) is 11.2. The molecular formula is C14H24O. The van der Waals surface area contributed by atoms with E-state index in [2.05, 4.69) is 19.6 Å². The van der Waals surface area contributed by atoms with Crippen LogP contribution in [-0.2, 0) is 4.79 Å². The maximum absolute atomic E-state index is 11.4. The molecule has 0 aliphatic heterocycles. The van der Waals surface area contributed by atoms with Crippen LogP contribution in [0.25, 0.3) is 0 Å². The summed E-state index contributed by atoms with van der Waals surface area (Å²) in [5.41, 5.74) is 0. The first-order valence-corrected chi connectivity index (χ1v) is 6.10. The fourth-order valence-corrected chi connectivity index (χ4v) is 1.48. The Morgan fingerprint density at radius 2 is 1.87 bits per heavy atom. The van der Waals surface area contributed by atoms with E-state index in [0.717, 1.165) is 32.1 Å². The maximum atomic E-state index is 11.4. The quantitative estimate of drug-likeness (QED) is 0.383. The third kappa shape index (κ3) is 11.1. The van der Waals surface area contributed by atoms with E-state index in [1.807, 2.05) is 6.08 Å². The van der Waals surface area contributed by atoms with Crippen molar-refractivity contribution < 1.29 is 4.79 Å². The summed E-state index contributed by atoms with van der Waals surface area (Å²) in [5.74, 6) is 0.429. The molecule has 0 fully saturated rings. The Morgan fingerprint density at radius 3 is 2.53 bits per heavy atom. The minimum atomic E-state index is 0.429. The monoisotopic (exact) mass is 208 g/mol. The van der Waals surface area contributed by atoms with E-state index in [-0.39, 0.29) is 0 Å². The van der Waals surface area contributed by atoms with Crippen LogP contribution in [0.4, 0.5) is 0 Å². The number of hydrogen-bond acceptors (Lipinski definition) is 1. The molecule has 0 N–H and O–H groups in total. The Kier molecular flexibility index (Phi) is 10.6. The lowest BCUT2D eigenvalue weighted by molar-refractivity contribution is -0.119. The van der Waals surface area contributed by atoms with Crippen LogP contribution in [0.5, 0.6) is 0 Å². The normalized spacial score (nSPS) is 10.7. The lowest BCUT2D eigenvalue weighted by atomic mass is 10.1. The molecule has 0 heterocycles. The smallest absolute Gasteiger partial charge is 0.132 e. The zero-order valence-corrected chi connectivity index (χ0v) is 10.0. The van der Waals surface area contributed by atoms with Crippen molar-refractivity contribution in [1.82, 2.24) is 0 Å². The first-order chi connectivity index (χ1) is 7.31. The van der Waals surface area contributed by atoms with Gasteiger partial charge in [-0.15, -0.1) is 0 Å². The van der Waals surface area contributed by atoms with Gasteiger partial charge in [0.25, 0.3) is 0 Å². The molecule has 15 heavy (non-hydrogen) atoms. The van der Waals surface area contributed by atoms with Gasteiger partial charge in [0, 0.05) is 12.8 Å². The summed E-state index contributed by atoms with van der Waals surface area (Å²) >= 11 is 0. The van der Waals surface area contributed by atoms with Crippen molar-refractivity contribution in [2.75, 3.05) is 0 Å². The van der Waals surface area contributed by atoms with Crippen molar-refractivity contribution in [2.24, 2.45) is 0 Å². The Balaban J connectivity index is 3.25. The number of rotatable bonds is 10. The minimum Gasteiger partial charge on any atom is -0.300 e. The van der Waals surface area contributed by atoms with Crippen molar-refractivity contribution in [2.45, 2.75) is 58.3 Å². The van der Waals surface area contributed by atoms with Gasteiger partial charge < -0.3 is 0 Å². The molecule has 0 aromatic carbocycles. The number of unbranched alkanes of at least 4 members (excludes halogenated alkanes) is 4. The van der Waals surface area contributed by atoms with Gasteiger partial charge >= 0.3 is 0 Å². The third-order valence-corrected chi connectivity index (χ3v) is 2.41. The molecule has 0 radical (unpaired) electrons. The minimum absolute atomic E-state index is 0.429. The van der Waals surface area contributed by atoms with Gasteiger partial charge in [-0.2, -0.15) is 0 Å². The summed E-state index contributed by atoms with van der Waals surface area (Å²) in [7, 11) is 0. The number of allylic oxidation sites excluding steroid dienone is 3. The van der Waals surface area contributed by atoms with Gasteiger partial charge in [-0.25, -0.2) is 0 Å². The summed E-state index contributed by atoms with van der Waals surface area (Å²) in [6, 6.07) is 0. The highest BCUT2D eigenvalue weighted by Gasteiger charge is 2.00. The van der Waals surface area contributed by atoms with E-state index in [1.54, 1.807) is 6.08 Å². The molecule has 0 bridgehead atoms. The first-order valence-electron chi connectivity index (χ1n) is 6.10. The summed E-state index contributed by atoms with van der Waals surface area (Å²) in [6.07, 6.45) is 14.1. The Morgan fingerprint density at radius 1 is 1.13 bits per heavy atom. The highest BCUT2D eigenvalue weighted by Crippen LogP contribution is 2.06. The van der Waals surface area contributed by atoms with Crippen molar-refractivity contribution in [3.63, 3.8) is 0 Å². The van der Waals surface area contributed by atoms with Crippen LogP contribution in [0, 0.1) is 0 Å². The van der Waals surface area contributed by atoms with Crippen LogP contribution in [0.15, 0.2) is 24.8 Å².